The summed E-state index contributed by atoms with van der Waals surface area (Å²) in [5.74, 6) is 3.34. The van der Waals surface area contributed by atoms with E-state index in [1.807, 2.05) is 49.4 Å². The summed E-state index contributed by atoms with van der Waals surface area (Å²) in [6.07, 6.45) is 0.946. The van der Waals surface area contributed by atoms with Crippen LogP contribution in [0.4, 0.5) is 0 Å². The quantitative estimate of drug-likeness (QED) is 0.589. The molecule has 0 aliphatic rings. The van der Waals surface area contributed by atoms with Crippen molar-refractivity contribution in [3.63, 3.8) is 0 Å². The predicted molar refractivity (Wildman–Crippen MR) is 108 cm³/mol. The van der Waals surface area contributed by atoms with Crippen molar-refractivity contribution in [2.45, 2.75) is 19.9 Å². The van der Waals surface area contributed by atoms with E-state index in [4.69, 9.17) is 25.5 Å². The molecule has 142 valence electrons. The highest BCUT2D eigenvalue weighted by Crippen LogP contribution is 2.29. The van der Waals surface area contributed by atoms with Gasteiger partial charge in [-0.1, -0.05) is 29.8 Å². The molecule has 27 heavy (non-hydrogen) atoms. The number of furan rings is 1. The lowest BCUT2D eigenvalue weighted by molar-refractivity contribution is -0.671. The van der Waals surface area contributed by atoms with Crippen molar-refractivity contribution in [3.05, 3.63) is 70.4 Å². The Bertz CT molecular complexity index is 904. The van der Waals surface area contributed by atoms with E-state index in [1.165, 1.54) is 5.56 Å². The fourth-order valence-electron chi connectivity index (χ4n) is 3.06. The van der Waals surface area contributed by atoms with Crippen LogP contribution in [0.2, 0.25) is 5.02 Å². The average Bonchev–Trinajstić information content (AvgIpc) is 3.15. The Morgan fingerprint density at radius 1 is 1.00 bits per heavy atom. The summed E-state index contributed by atoms with van der Waals surface area (Å²) in [5, 5.41) is 3.00. The number of hydrogen-bond acceptors (Lipinski definition) is 3. The van der Waals surface area contributed by atoms with E-state index in [-0.39, 0.29) is 0 Å². The molecule has 0 radical (unpaired) electrons. The molecule has 2 N–H and O–H groups in total. The van der Waals surface area contributed by atoms with Crippen LogP contribution in [0.5, 0.6) is 11.5 Å². The third-order valence-electron chi connectivity index (χ3n) is 4.63. The van der Waals surface area contributed by atoms with Gasteiger partial charge in [0.1, 0.15) is 12.3 Å². The van der Waals surface area contributed by atoms with Gasteiger partial charge in [0.2, 0.25) is 0 Å². The Hall–Kier alpha value is -2.43. The highest BCUT2D eigenvalue weighted by Gasteiger charge is 2.10. The maximum Gasteiger partial charge on any atom is 0.160 e. The van der Waals surface area contributed by atoms with Crippen LogP contribution in [0.1, 0.15) is 16.9 Å². The van der Waals surface area contributed by atoms with Crippen LogP contribution in [-0.2, 0) is 13.0 Å². The van der Waals surface area contributed by atoms with E-state index in [0.717, 1.165) is 58.7 Å². The monoisotopic (exact) mass is 386 g/mol. The molecule has 0 aliphatic heterocycles. The van der Waals surface area contributed by atoms with Gasteiger partial charge < -0.3 is 19.2 Å². The molecule has 0 aliphatic carbocycles. The Morgan fingerprint density at radius 2 is 1.81 bits per heavy atom. The molecule has 1 heterocycles. The van der Waals surface area contributed by atoms with Crippen LogP contribution in [-0.4, -0.2) is 20.8 Å². The lowest BCUT2D eigenvalue weighted by Gasteiger charge is -2.09. The summed E-state index contributed by atoms with van der Waals surface area (Å²) in [4.78, 5) is 0. The standard InChI is InChI=1S/C22H24ClNO3/c1-15-18(5-4-6-19(15)23)20-10-8-17(27-20)14-24-12-11-16-7-9-21(25-2)22(13-16)26-3/h4-10,13,24H,11-12,14H2,1-3H3/p+1. The first-order valence-electron chi connectivity index (χ1n) is 8.99. The van der Waals surface area contributed by atoms with E-state index in [0.29, 0.717) is 0 Å². The zero-order valence-corrected chi connectivity index (χ0v) is 16.7. The summed E-state index contributed by atoms with van der Waals surface area (Å²) in [5.41, 5.74) is 3.30. The van der Waals surface area contributed by atoms with Crippen LogP contribution in [0, 0.1) is 6.92 Å². The smallest absolute Gasteiger partial charge is 0.160 e. The van der Waals surface area contributed by atoms with Gasteiger partial charge in [0, 0.05) is 17.0 Å². The second kappa shape index (κ2) is 8.98. The van der Waals surface area contributed by atoms with Gasteiger partial charge in [0.25, 0.3) is 0 Å². The van der Waals surface area contributed by atoms with Gasteiger partial charge in [0.15, 0.2) is 17.3 Å². The van der Waals surface area contributed by atoms with E-state index in [1.54, 1.807) is 14.2 Å². The zero-order chi connectivity index (χ0) is 19.2. The largest absolute Gasteiger partial charge is 0.493 e. The van der Waals surface area contributed by atoms with Crippen molar-refractivity contribution in [1.29, 1.82) is 0 Å². The maximum atomic E-state index is 6.21. The minimum atomic E-state index is 0.754. The fraction of sp³-hybridized carbons (Fsp3) is 0.273. The highest BCUT2D eigenvalue weighted by molar-refractivity contribution is 6.31. The number of methoxy groups -OCH3 is 2. The van der Waals surface area contributed by atoms with Crippen molar-refractivity contribution >= 4 is 11.6 Å². The lowest BCUT2D eigenvalue weighted by Crippen LogP contribution is -2.83. The molecule has 0 fully saturated rings. The molecule has 0 bridgehead atoms. The van der Waals surface area contributed by atoms with Gasteiger partial charge in [-0.3, -0.25) is 0 Å². The first-order valence-corrected chi connectivity index (χ1v) is 9.37. The van der Waals surface area contributed by atoms with Gasteiger partial charge in [0.05, 0.1) is 20.8 Å². The molecule has 0 unspecified atom stereocenters. The molecule has 0 spiro atoms. The topological polar surface area (TPSA) is 48.2 Å². The number of ether oxygens (including phenoxy) is 2. The highest BCUT2D eigenvalue weighted by atomic mass is 35.5. The third kappa shape index (κ3) is 4.65. The first kappa shape index (κ1) is 19.3. The normalized spacial score (nSPS) is 10.8. The second-order valence-electron chi connectivity index (χ2n) is 6.40. The molecular formula is C22H25ClNO3+. The van der Waals surface area contributed by atoms with Crippen LogP contribution in [0.25, 0.3) is 11.3 Å². The van der Waals surface area contributed by atoms with Crippen molar-refractivity contribution in [1.82, 2.24) is 0 Å². The first-order chi connectivity index (χ1) is 13.1. The predicted octanol–water partition coefficient (Wildman–Crippen LogP) is 4.23. The Morgan fingerprint density at radius 3 is 2.59 bits per heavy atom. The summed E-state index contributed by atoms with van der Waals surface area (Å²) in [7, 11) is 3.30. The Kier molecular flexibility index (Phi) is 6.43. The van der Waals surface area contributed by atoms with Crippen molar-refractivity contribution in [3.8, 4) is 22.8 Å². The molecule has 0 amide bonds. The van der Waals surface area contributed by atoms with Crippen LogP contribution < -0.4 is 14.8 Å². The molecular weight excluding hydrogens is 362 g/mol. The minimum Gasteiger partial charge on any atom is -0.493 e. The SMILES string of the molecule is COc1ccc(CC[NH2+]Cc2ccc(-c3cccc(Cl)c3C)o2)cc1OC. The molecule has 0 atom stereocenters. The van der Waals surface area contributed by atoms with E-state index in [9.17, 15) is 0 Å². The van der Waals surface area contributed by atoms with Crippen LogP contribution >= 0.6 is 11.6 Å². The summed E-state index contributed by atoms with van der Waals surface area (Å²) >= 11 is 6.21. The molecule has 4 nitrogen and oxygen atoms in total. The van der Waals surface area contributed by atoms with E-state index in [2.05, 4.69) is 11.4 Å². The fourth-order valence-corrected chi connectivity index (χ4v) is 3.23. The molecule has 3 aromatic rings. The number of hydrogen-bond donors (Lipinski definition) is 1. The van der Waals surface area contributed by atoms with E-state index >= 15 is 0 Å². The van der Waals surface area contributed by atoms with Gasteiger partial charge in [-0.15, -0.1) is 0 Å². The summed E-state index contributed by atoms with van der Waals surface area (Å²) < 4.78 is 16.6. The lowest BCUT2D eigenvalue weighted by atomic mass is 10.1. The number of halogens is 1. The maximum absolute atomic E-state index is 6.21. The number of quaternary nitrogens is 1. The van der Waals surface area contributed by atoms with Gasteiger partial charge in [-0.25, -0.2) is 0 Å². The van der Waals surface area contributed by atoms with Crippen LogP contribution in [0.3, 0.4) is 0 Å². The molecule has 3 rings (SSSR count). The third-order valence-corrected chi connectivity index (χ3v) is 5.03. The van der Waals surface area contributed by atoms with Gasteiger partial charge in [-0.2, -0.15) is 0 Å². The number of nitrogens with two attached hydrogens (primary N) is 1. The molecule has 0 saturated heterocycles. The molecule has 1 aromatic heterocycles. The van der Waals surface area contributed by atoms with Crippen molar-refractivity contribution < 1.29 is 19.2 Å². The van der Waals surface area contributed by atoms with Gasteiger partial charge >= 0.3 is 0 Å². The molecule has 2 aromatic carbocycles. The molecule has 0 saturated carbocycles. The zero-order valence-electron chi connectivity index (χ0n) is 15.9. The van der Waals surface area contributed by atoms with E-state index < -0.39 is 0 Å². The van der Waals surface area contributed by atoms with Crippen molar-refractivity contribution in [2.24, 2.45) is 0 Å². The number of benzene rings is 2. The molecule has 5 heteroatoms. The average molecular weight is 387 g/mol. The summed E-state index contributed by atoms with van der Waals surface area (Å²) in [6.45, 7) is 3.77. The number of rotatable bonds is 8. The Labute approximate surface area is 165 Å². The minimum absolute atomic E-state index is 0.754. The summed E-state index contributed by atoms with van der Waals surface area (Å²) in [6, 6.07) is 16.0. The Balaban J connectivity index is 1.54. The van der Waals surface area contributed by atoms with Gasteiger partial charge in [-0.05, 0) is 48.4 Å². The second-order valence-corrected chi connectivity index (χ2v) is 6.81. The van der Waals surface area contributed by atoms with Crippen molar-refractivity contribution in [2.75, 3.05) is 20.8 Å². The van der Waals surface area contributed by atoms with Crippen LogP contribution in [0.15, 0.2) is 52.9 Å².